The van der Waals surface area contributed by atoms with Gasteiger partial charge in [-0.1, -0.05) is 0 Å². The number of H-pyrrole nitrogens is 1. The van der Waals surface area contributed by atoms with E-state index in [1.807, 2.05) is 0 Å². The van der Waals surface area contributed by atoms with Gasteiger partial charge in [-0.05, 0) is 0 Å². The van der Waals surface area contributed by atoms with E-state index in [1.165, 1.54) is 12.4 Å². The zero-order valence-corrected chi connectivity index (χ0v) is 12.0. The second-order valence-electron chi connectivity index (χ2n) is 3.45. The third-order valence-corrected chi connectivity index (χ3v) is 1.96. The van der Waals surface area contributed by atoms with Crippen LogP contribution in [0.5, 0.6) is 6.01 Å². The van der Waals surface area contributed by atoms with Crippen LogP contribution in [0.25, 0.3) is 0 Å². The molecule has 19 heavy (non-hydrogen) atoms. The van der Waals surface area contributed by atoms with Gasteiger partial charge in [-0.25, -0.2) is 9.78 Å². The molecule has 0 saturated carbocycles. The first-order valence-electron chi connectivity index (χ1n) is 4.71. The van der Waals surface area contributed by atoms with E-state index in [1.54, 1.807) is 0 Å². The van der Waals surface area contributed by atoms with E-state index < -0.39 is 36.4 Å². The Morgan fingerprint density at radius 2 is 2.00 bits per heavy atom. The van der Waals surface area contributed by atoms with Crippen LogP contribution in [-0.4, -0.2) is 48.8 Å². The molecule has 0 aliphatic rings. The van der Waals surface area contributed by atoms with Crippen LogP contribution in [0.15, 0.2) is 12.4 Å². The van der Waals surface area contributed by atoms with Crippen molar-refractivity contribution in [2.24, 2.45) is 0 Å². The van der Waals surface area contributed by atoms with Crippen molar-refractivity contribution in [3.8, 4) is 6.01 Å². The number of rotatable bonds is 6. The number of nitrogens with one attached hydrogen (secondary N) is 1. The molecular weight excluding hydrogens is 271 g/mol. The Labute approximate surface area is 130 Å². The summed E-state index contributed by atoms with van der Waals surface area (Å²) in [6, 6.07) is -0.178. The van der Waals surface area contributed by atoms with Crippen molar-refractivity contribution < 1.29 is 65.4 Å². The van der Waals surface area contributed by atoms with Crippen molar-refractivity contribution in [1.82, 2.24) is 9.97 Å². The maximum absolute atomic E-state index is 11.3. The van der Waals surface area contributed by atoms with E-state index in [4.69, 9.17) is 10.2 Å². The largest absolute Gasteiger partial charge is 1.00 e. The van der Waals surface area contributed by atoms with Gasteiger partial charge in [0.15, 0.2) is 5.60 Å². The van der Waals surface area contributed by atoms with E-state index in [2.05, 4.69) is 14.7 Å². The molecule has 0 saturated heterocycles. The molecule has 0 fully saturated rings. The van der Waals surface area contributed by atoms with E-state index >= 15 is 0 Å². The van der Waals surface area contributed by atoms with Gasteiger partial charge in [0.2, 0.25) is 0 Å². The number of nitrogens with zero attached hydrogens (tertiary/aromatic N) is 1. The first-order valence-corrected chi connectivity index (χ1v) is 4.71. The molecule has 0 spiro atoms. The number of hydrogen-bond donors (Lipinski definition) is 4. The molecule has 1 heterocycles. The minimum atomic E-state index is -2.71. The number of aliphatic hydroxyl groups is 1. The van der Waals surface area contributed by atoms with Crippen LogP contribution in [0.4, 0.5) is 0 Å². The van der Waals surface area contributed by atoms with Crippen LogP contribution >= 0.6 is 0 Å². The monoisotopic (exact) mass is 282 g/mol. The number of imidazole rings is 1. The number of carboxylic acid groups (broad SMARTS) is 2. The molecule has 1 aromatic heterocycles. The Morgan fingerprint density at radius 1 is 1.37 bits per heavy atom. The SMILES string of the molecule is O=C(O)CC(O)(CC(=O)Oc1ncc[nH]1)C(=O)O.[H-].[Na+]. The summed E-state index contributed by atoms with van der Waals surface area (Å²) in [4.78, 5) is 38.5. The average Bonchev–Trinajstić information content (AvgIpc) is 2.68. The first-order chi connectivity index (χ1) is 8.33. The fourth-order valence-electron chi connectivity index (χ4n) is 1.15. The Bertz CT molecular complexity index is 467. The third kappa shape index (κ3) is 5.39. The number of carbonyl (C=O) groups excluding carboxylic acids is 1. The van der Waals surface area contributed by atoms with Crippen LogP contribution in [0.2, 0.25) is 0 Å². The van der Waals surface area contributed by atoms with Gasteiger partial charge in [0, 0.05) is 12.4 Å². The van der Waals surface area contributed by atoms with Gasteiger partial charge in [-0.2, -0.15) is 0 Å². The summed E-state index contributed by atoms with van der Waals surface area (Å²) in [6.07, 6.45) is 0.539. The van der Waals surface area contributed by atoms with Crippen LogP contribution in [0.1, 0.15) is 14.3 Å². The van der Waals surface area contributed by atoms with Crippen molar-refractivity contribution in [3.05, 3.63) is 12.4 Å². The number of aromatic amines is 1. The fraction of sp³-hybridized carbons (Fsp3) is 0.333. The number of esters is 1. The Kier molecular flexibility index (Phi) is 6.70. The number of aromatic nitrogens is 2. The maximum atomic E-state index is 11.3. The predicted molar refractivity (Wildman–Crippen MR) is 54.8 cm³/mol. The molecule has 10 heteroatoms. The average molecular weight is 282 g/mol. The molecule has 0 aromatic carbocycles. The Balaban J connectivity index is 0. The molecule has 1 rings (SSSR count). The van der Waals surface area contributed by atoms with E-state index in [0.717, 1.165) is 0 Å². The second kappa shape index (κ2) is 7.24. The summed E-state index contributed by atoms with van der Waals surface area (Å²) < 4.78 is 4.56. The molecule has 0 aliphatic heterocycles. The minimum absolute atomic E-state index is 0. The summed E-state index contributed by atoms with van der Waals surface area (Å²) in [5.41, 5.74) is -2.71. The zero-order valence-electron chi connectivity index (χ0n) is 11.0. The summed E-state index contributed by atoms with van der Waals surface area (Å²) in [5, 5.41) is 26.7. The molecule has 1 unspecified atom stereocenters. The van der Waals surface area contributed by atoms with Gasteiger partial charge in [0.1, 0.15) is 0 Å². The summed E-state index contributed by atoms with van der Waals surface area (Å²) in [6.45, 7) is 0. The number of ether oxygens (including phenoxy) is 1. The topological polar surface area (TPSA) is 150 Å². The quantitative estimate of drug-likeness (QED) is 0.305. The molecule has 1 atom stereocenters. The normalized spacial score (nSPS) is 12.9. The van der Waals surface area contributed by atoms with Gasteiger partial charge in [0.05, 0.1) is 12.8 Å². The Morgan fingerprint density at radius 3 is 2.42 bits per heavy atom. The molecule has 0 bridgehead atoms. The maximum Gasteiger partial charge on any atom is 1.00 e. The van der Waals surface area contributed by atoms with Crippen LogP contribution in [0, 0.1) is 0 Å². The van der Waals surface area contributed by atoms with E-state index in [9.17, 15) is 19.5 Å². The standard InChI is InChI=1S/C9H10N2O7.Na.H/c12-5(13)3-9(17,7(15)16)4-6(14)18-8-10-1-2-11-8;;/h1-2,17H,3-4H2,(H,10,11)(H,12,13)(H,15,16);;/q;+1;-1. The number of carbonyl (C=O) groups is 3. The van der Waals surface area contributed by atoms with Gasteiger partial charge in [-0.15, -0.1) is 0 Å². The minimum Gasteiger partial charge on any atom is -1.00 e. The zero-order chi connectivity index (χ0) is 13.8. The summed E-state index contributed by atoms with van der Waals surface area (Å²) in [7, 11) is 0. The fourth-order valence-corrected chi connectivity index (χ4v) is 1.15. The molecule has 100 valence electrons. The smallest absolute Gasteiger partial charge is 1.00 e. The van der Waals surface area contributed by atoms with Crippen molar-refractivity contribution in [3.63, 3.8) is 0 Å². The van der Waals surface area contributed by atoms with Crippen molar-refractivity contribution >= 4 is 17.9 Å². The number of carboxylic acids is 2. The van der Waals surface area contributed by atoms with E-state index in [-0.39, 0.29) is 37.0 Å². The summed E-state index contributed by atoms with van der Waals surface area (Å²) in [5.74, 6) is -4.48. The molecule has 1 aromatic rings. The molecular formula is C9H11N2NaO7. The van der Waals surface area contributed by atoms with Crippen LogP contribution in [-0.2, 0) is 14.4 Å². The molecule has 0 aliphatic carbocycles. The Hall–Kier alpha value is -1.42. The van der Waals surface area contributed by atoms with Crippen molar-refractivity contribution in [2.75, 3.05) is 0 Å². The molecule has 0 amide bonds. The molecule has 4 N–H and O–H groups in total. The van der Waals surface area contributed by atoms with Crippen molar-refractivity contribution in [2.45, 2.75) is 18.4 Å². The molecule has 0 radical (unpaired) electrons. The summed E-state index contributed by atoms with van der Waals surface area (Å²) >= 11 is 0. The van der Waals surface area contributed by atoms with Gasteiger partial charge < -0.3 is 26.5 Å². The van der Waals surface area contributed by atoms with Gasteiger partial charge in [0.25, 0.3) is 0 Å². The third-order valence-electron chi connectivity index (χ3n) is 1.96. The number of aliphatic carboxylic acids is 2. The second-order valence-corrected chi connectivity index (χ2v) is 3.45. The molecule has 9 nitrogen and oxygen atoms in total. The van der Waals surface area contributed by atoms with Crippen LogP contribution in [0.3, 0.4) is 0 Å². The van der Waals surface area contributed by atoms with Gasteiger partial charge >= 0.3 is 53.5 Å². The number of hydrogen-bond acceptors (Lipinski definition) is 6. The predicted octanol–water partition coefficient (Wildman–Crippen LogP) is -3.89. The first kappa shape index (κ1) is 17.6. The van der Waals surface area contributed by atoms with E-state index in [0.29, 0.717) is 0 Å². The van der Waals surface area contributed by atoms with Crippen LogP contribution < -0.4 is 34.3 Å². The van der Waals surface area contributed by atoms with Gasteiger partial charge in [-0.3, -0.25) is 9.59 Å². The van der Waals surface area contributed by atoms with Crippen molar-refractivity contribution in [1.29, 1.82) is 0 Å².